The molecule has 1 aromatic heterocycles. The number of rotatable bonds is 1. The van der Waals surface area contributed by atoms with E-state index in [-0.39, 0.29) is 22.4 Å². The maximum atomic E-state index is 13.7. The largest absolute Gasteiger partial charge is 0.416 e. The number of benzene rings is 2. The van der Waals surface area contributed by atoms with Crippen molar-refractivity contribution < 1.29 is 22.0 Å². The van der Waals surface area contributed by atoms with Gasteiger partial charge >= 0.3 is 11.8 Å². The smallest absolute Gasteiger partial charge is 0.403 e. The topological polar surface area (TPSA) is 43.1 Å². The van der Waals surface area contributed by atoms with Crippen molar-refractivity contribution >= 4 is 10.9 Å². The minimum atomic E-state index is -4.58. The Morgan fingerprint density at radius 3 is 2.45 bits per heavy atom. The van der Waals surface area contributed by atoms with Gasteiger partial charge in [0.2, 0.25) is 5.89 Å². The molecule has 0 amide bonds. The SMILES string of the molecule is O=c1oc(-c2ccccc2F)nc2ccc(C(F)(F)F)cc12. The van der Waals surface area contributed by atoms with Crippen LogP contribution in [0.4, 0.5) is 17.6 Å². The number of nitrogens with zero attached hydrogens (tertiary/aromatic N) is 1. The first kappa shape index (κ1) is 14.2. The fourth-order valence-corrected chi connectivity index (χ4v) is 2.00. The van der Waals surface area contributed by atoms with E-state index >= 15 is 0 Å². The minimum Gasteiger partial charge on any atom is -0.403 e. The summed E-state index contributed by atoms with van der Waals surface area (Å²) < 4.78 is 56.5. The Balaban J connectivity index is 2.23. The van der Waals surface area contributed by atoms with Gasteiger partial charge in [-0.3, -0.25) is 0 Å². The Hall–Kier alpha value is -2.70. The highest BCUT2D eigenvalue weighted by molar-refractivity contribution is 5.79. The van der Waals surface area contributed by atoms with Gasteiger partial charge in [-0.15, -0.1) is 0 Å². The summed E-state index contributed by atoms with van der Waals surface area (Å²) in [4.78, 5) is 15.8. The molecule has 3 nitrogen and oxygen atoms in total. The maximum absolute atomic E-state index is 13.7. The molecule has 0 aliphatic carbocycles. The third kappa shape index (κ3) is 2.45. The summed E-state index contributed by atoms with van der Waals surface area (Å²) in [6, 6.07) is 8.02. The van der Waals surface area contributed by atoms with Crippen LogP contribution in [0, 0.1) is 5.82 Å². The van der Waals surface area contributed by atoms with Gasteiger partial charge in [0.05, 0.1) is 22.0 Å². The van der Waals surface area contributed by atoms with Crippen molar-refractivity contribution in [1.82, 2.24) is 4.98 Å². The fourth-order valence-electron chi connectivity index (χ4n) is 2.00. The number of aromatic nitrogens is 1. The lowest BCUT2D eigenvalue weighted by atomic mass is 10.1. The number of hydrogen-bond acceptors (Lipinski definition) is 3. The minimum absolute atomic E-state index is 0.00232. The van der Waals surface area contributed by atoms with E-state index in [1.165, 1.54) is 18.2 Å². The molecule has 0 saturated carbocycles. The first-order chi connectivity index (χ1) is 10.4. The number of halogens is 4. The van der Waals surface area contributed by atoms with E-state index in [1.54, 1.807) is 0 Å². The predicted octanol–water partition coefficient (Wildman–Crippen LogP) is 4.01. The van der Waals surface area contributed by atoms with E-state index in [0.717, 1.165) is 18.2 Å². The van der Waals surface area contributed by atoms with Crippen LogP contribution in [0.1, 0.15) is 5.56 Å². The average molecular weight is 309 g/mol. The molecule has 0 atom stereocenters. The summed E-state index contributed by atoms with van der Waals surface area (Å²) in [6.07, 6.45) is -4.58. The molecule has 22 heavy (non-hydrogen) atoms. The third-order valence-corrected chi connectivity index (χ3v) is 3.06. The first-order valence-corrected chi connectivity index (χ1v) is 6.13. The van der Waals surface area contributed by atoms with E-state index < -0.39 is 23.2 Å². The van der Waals surface area contributed by atoms with Crippen LogP contribution in [0.5, 0.6) is 0 Å². The number of alkyl halides is 3. The maximum Gasteiger partial charge on any atom is 0.416 e. The highest BCUT2D eigenvalue weighted by atomic mass is 19.4. The average Bonchev–Trinajstić information content (AvgIpc) is 2.46. The van der Waals surface area contributed by atoms with Crippen LogP contribution in [0.2, 0.25) is 0 Å². The summed E-state index contributed by atoms with van der Waals surface area (Å²) >= 11 is 0. The zero-order valence-corrected chi connectivity index (χ0v) is 10.8. The van der Waals surface area contributed by atoms with Crippen molar-refractivity contribution in [2.24, 2.45) is 0 Å². The molecule has 112 valence electrons. The van der Waals surface area contributed by atoms with Crippen molar-refractivity contribution in [3.05, 3.63) is 64.3 Å². The Bertz CT molecular complexity index is 915. The number of fused-ring (bicyclic) bond motifs is 1. The molecule has 0 aliphatic rings. The molecule has 3 rings (SSSR count). The van der Waals surface area contributed by atoms with Crippen LogP contribution < -0.4 is 5.63 Å². The molecule has 0 spiro atoms. The molecule has 0 aliphatic heterocycles. The Morgan fingerprint density at radius 1 is 1.05 bits per heavy atom. The molecule has 0 unspecified atom stereocenters. The molecule has 3 aromatic rings. The van der Waals surface area contributed by atoms with Gasteiger partial charge in [-0.1, -0.05) is 12.1 Å². The molecule has 0 bridgehead atoms. The highest BCUT2D eigenvalue weighted by Gasteiger charge is 2.31. The lowest BCUT2D eigenvalue weighted by Gasteiger charge is -2.07. The standard InChI is InChI=1S/C15H7F4NO2/c16-11-4-2-1-3-9(11)13-20-12-6-5-8(15(17,18)19)7-10(12)14(21)22-13/h1-7H. The van der Waals surface area contributed by atoms with Gasteiger partial charge in [0, 0.05) is 0 Å². The molecule has 0 fully saturated rings. The van der Waals surface area contributed by atoms with Gasteiger partial charge in [-0.2, -0.15) is 13.2 Å². The lowest BCUT2D eigenvalue weighted by Crippen LogP contribution is -2.08. The monoisotopic (exact) mass is 309 g/mol. The number of hydrogen-bond donors (Lipinski definition) is 0. The van der Waals surface area contributed by atoms with Gasteiger partial charge in [-0.25, -0.2) is 14.2 Å². The third-order valence-electron chi connectivity index (χ3n) is 3.06. The predicted molar refractivity (Wildman–Crippen MR) is 70.7 cm³/mol. The van der Waals surface area contributed by atoms with Gasteiger partial charge in [0.25, 0.3) is 0 Å². The lowest BCUT2D eigenvalue weighted by molar-refractivity contribution is -0.137. The van der Waals surface area contributed by atoms with Gasteiger partial charge in [-0.05, 0) is 30.3 Å². The molecule has 0 N–H and O–H groups in total. The van der Waals surface area contributed by atoms with E-state index in [4.69, 9.17) is 4.42 Å². The zero-order chi connectivity index (χ0) is 15.9. The van der Waals surface area contributed by atoms with Crippen LogP contribution in [0.15, 0.2) is 51.7 Å². The summed E-state index contributed by atoms with van der Waals surface area (Å²) in [6.45, 7) is 0. The summed E-state index contributed by atoms with van der Waals surface area (Å²) in [5, 5.41) is -0.310. The van der Waals surface area contributed by atoms with Crippen LogP contribution in [0.3, 0.4) is 0 Å². The second-order valence-electron chi connectivity index (χ2n) is 4.52. The Labute approximate surface area is 120 Å². The summed E-state index contributed by atoms with van der Waals surface area (Å²) in [7, 11) is 0. The molecular formula is C15H7F4NO2. The molecule has 1 heterocycles. The van der Waals surface area contributed by atoms with E-state index in [1.807, 2.05) is 0 Å². The second kappa shape index (κ2) is 4.94. The zero-order valence-electron chi connectivity index (χ0n) is 10.8. The van der Waals surface area contributed by atoms with Crippen molar-refractivity contribution in [3.8, 4) is 11.5 Å². The molecule has 7 heteroatoms. The van der Waals surface area contributed by atoms with Crippen molar-refractivity contribution in [2.75, 3.05) is 0 Å². The van der Waals surface area contributed by atoms with E-state index in [0.29, 0.717) is 6.07 Å². The Morgan fingerprint density at radius 2 is 1.77 bits per heavy atom. The van der Waals surface area contributed by atoms with Crippen molar-refractivity contribution in [3.63, 3.8) is 0 Å². The van der Waals surface area contributed by atoms with Crippen LogP contribution >= 0.6 is 0 Å². The molecule has 2 aromatic carbocycles. The second-order valence-corrected chi connectivity index (χ2v) is 4.52. The van der Waals surface area contributed by atoms with Crippen LogP contribution in [-0.4, -0.2) is 4.98 Å². The van der Waals surface area contributed by atoms with Crippen molar-refractivity contribution in [1.29, 1.82) is 0 Å². The quantitative estimate of drug-likeness (QED) is 0.638. The van der Waals surface area contributed by atoms with E-state index in [2.05, 4.69) is 4.98 Å². The summed E-state index contributed by atoms with van der Waals surface area (Å²) in [5.41, 5.74) is -2.02. The van der Waals surface area contributed by atoms with Gasteiger partial charge in [0.1, 0.15) is 5.82 Å². The van der Waals surface area contributed by atoms with Crippen LogP contribution in [-0.2, 0) is 6.18 Å². The van der Waals surface area contributed by atoms with Crippen molar-refractivity contribution in [2.45, 2.75) is 6.18 Å². The Kier molecular flexibility index (Phi) is 3.20. The summed E-state index contributed by atoms with van der Waals surface area (Å²) in [5.74, 6) is -0.931. The van der Waals surface area contributed by atoms with E-state index in [9.17, 15) is 22.4 Å². The van der Waals surface area contributed by atoms with Gasteiger partial charge < -0.3 is 4.42 Å². The van der Waals surface area contributed by atoms with Gasteiger partial charge in [0.15, 0.2) is 0 Å². The van der Waals surface area contributed by atoms with Crippen LogP contribution in [0.25, 0.3) is 22.4 Å². The first-order valence-electron chi connectivity index (χ1n) is 6.13. The highest BCUT2D eigenvalue weighted by Crippen LogP contribution is 2.31. The molecular weight excluding hydrogens is 302 g/mol. The fraction of sp³-hybridized carbons (Fsp3) is 0.0667. The molecule has 0 saturated heterocycles. The normalized spacial score (nSPS) is 11.8. The molecule has 0 radical (unpaired) electrons.